The molecule has 1 nitrogen and oxygen atoms in total. The molecule has 2 aromatic carbocycles. The first-order valence-electron chi connectivity index (χ1n) is 6.08. The van der Waals surface area contributed by atoms with Gasteiger partial charge in [-0.3, -0.25) is 0 Å². The molecule has 100 valence electrons. The van der Waals surface area contributed by atoms with Gasteiger partial charge in [0.1, 0.15) is 11.6 Å². The lowest BCUT2D eigenvalue weighted by Crippen LogP contribution is -2.02. The topological polar surface area (TPSA) is 9.23 Å². The molecule has 3 heteroatoms. The lowest BCUT2D eigenvalue weighted by atomic mass is 9.95. The normalized spacial score (nSPS) is 12.3. The molecule has 0 aliphatic heterocycles. The second-order valence-corrected chi connectivity index (χ2v) is 4.99. The van der Waals surface area contributed by atoms with Gasteiger partial charge in [0.25, 0.3) is 0 Å². The molecule has 1 unspecified atom stereocenters. The van der Waals surface area contributed by atoms with Crippen LogP contribution < -0.4 is 4.74 Å². The van der Waals surface area contributed by atoms with Gasteiger partial charge in [0.2, 0.25) is 0 Å². The largest absolute Gasteiger partial charge is 0.496 e. The molecule has 0 radical (unpaired) electrons. The van der Waals surface area contributed by atoms with Crippen molar-refractivity contribution in [2.24, 2.45) is 0 Å². The molecule has 1 atom stereocenters. The molecule has 0 amide bonds. The Morgan fingerprint density at radius 3 is 2.32 bits per heavy atom. The highest BCUT2D eigenvalue weighted by Gasteiger charge is 2.19. The number of benzene rings is 2. The summed E-state index contributed by atoms with van der Waals surface area (Å²) in [5.74, 6) is 0.289. The third-order valence-corrected chi connectivity index (χ3v) is 3.71. The van der Waals surface area contributed by atoms with E-state index in [1.54, 1.807) is 13.2 Å². The van der Waals surface area contributed by atoms with Gasteiger partial charge in [0.15, 0.2) is 0 Å². The molecule has 0 aliphatic rings. The molecule has 0 bridgehead atoms. The first-order chi connectivity index (χ1) is 9.04. The van der Waals surface area contributed by atoms with Gasteiger partial charge in [-0.05, 0) is 48.7 Å². The highest BCUT2D eigenvalue weighted by Crippen LogP contribution is 2.38. The summed E-state index contributed by atoms with van der Waals surface area (Å²) in [6.07, 6.45) is 0. The van der Waals surface area contributed by atoms with Crippen molar-refractivity contribution in [2.45, 2.75) is 19.2 Å². The number of aryl methyl sites for hydroxylation is 2. The van der Waals surface area contributed by atoms with E-state index in [4.69, 9.17) is 16.3 Å². The van der Waals surface area contributed by atoms with Crippen molar-refractivity contribution in [1.29, 1.82) is 0 Å². The van der Waals surface area contributed by atoms with Crippen LogP contribution in [0.4, 0.5) is 4.39 Å². The van der Waals surface area contributed by atoms with E-state index in [0.717, 1.165) is 16.7 Å². The van der Waals surface area contributed by atoms with Crippen LogP contribution in [0.2, 0.25) is 0 Å². The third-order valence-electron chi connectivity index (χ3n) is 3.26. The van der Waals surface area contributed by atoms with Crippen LogP contribution in [0.25, 0.3) is 0 Å². The van der Waals surface area contributed by atoms with Crippen LogP contribution in [0.3, 0.4) is 0 Å². The molecular formula is C16H16ClFO. The summed E-state index contributed by atoms with van der Waals surface area (Å²) in [6.45, 7) is 4.01. The zero-order chi connectivity index (χ0) is 14.0. The van der Waals surface area contributed by atoms with Crippen molar-refractivity contribution in [3.8, 4) is 5.75 Å². The lowest BCUT2D eigenvalue weighted by Gasteiger charge is -2.18. The van der Waals surface area contributed by atoms with Gasteiger partial charge in [-0.15, -0.1) is 11.6 Å². The van der Waals surface area contributed by atoms with E-state index in [-0.39, 0.29) is 5.82 Å². The maximum absolute atomic E-state index is 13.4. The predicted octanol–water partition coefficient (Wildman–Crippen LogP) is 4.78. The molecule has 0 fully saturated rings. The van der Waals surface area contributed by atoms with E-state index in [9.17, 15) is 4.39 Å². The van der Waals surface area contributed by atoms with Crippen molar-refractivity contribution in [3.63, 3.8) is 0 Å². The van der Waals surface area contributed by atoms with Gasteiger partial charge >= 0.3 is 0 Å². The molecule has 0 spiro atoms. The Balaban J connectivity index is 2.55. The Bertz CT molecular complexity index is 575. The Kier molecular flexibility index (Phi) is 4.11. The van der Waals surface area contributed by atoms with Gasteiger partial charge in [-0.1, -0.05) is 18.2 Å². The van der Waals surface area contributed by atoms with Crippen molar-refractivity contribution < 1.29 is 9.13 Å². The quantitative estimate of drug-likeness (QED) is 0.734. The third kappa shape index (κ3) is 2.74. The minimum Gasteiger partial charge on any atom is -0.496 e. The molecular weight excluding hydrogens is 263 g/mol. The van der Waals surface area contributed by atoms with Crippen molar-refractivity contribution >= 4 is 11.6 Å². The molecule has 0 N–H and O–H groups in total. The van der Waals surface area contributed by atoms with Gasteiger partial charge in [-0.2, -0.15) is 0 Å². The smallest absolute Gasteiger partial charge is 0.124 e. The Morgan fingerprint density at radius 1 is 1.11 bits per heavy atom. The van der Waals surface area contributed by atoms with E-state index < -0.39 is 5.38 Å². The van der Waals surface area contributed by atoms with E-state index in [1.807, 2.05) is 32.0 Å². The minimum absolute atomic E-state index is 0.312. The first-order valence-corrected chi connectivity index (χ1v) is 6.52. The molecule has 0 saturated heterocycles. The molecule has 2 aromatic rings. The molecule has 2 rings (SSSR count). The maximum Gasteiger partial charge on any atom is 0.124 e. The predicted molar refractivity (Wildman–Crippen MR) is 76.6 cm³/mol. The highest BCUT2D eigenvalue weighted by atomic mass is 35.5. The Morgan fingerprint density at radius 2 is 1.74 bits per heavy atom. The highest BCUT2D eigenvalue weighted by molar-refractivity contribution is 6.23. The number of rotatable bonds is 3. The number of hydrogen-bond acceptors (Lipinski definition) is 1. The fourth-order valence-electron chi connectivity index (χ4n) is 2.29. The standard InChI is InChI=1S/C16H16ClFO/c1-10-5-4-6-11(2)15(10)16(17)13-9-12(18)7-8-14(13)19-3/h4-9,16H,1-3H3. The molecule has 19 heavy (non-hydrogen) atoms. The van der Waals surface area contributed by atoms with Gasteiger partial charge < -0.3 is 4.74 Å². The lowest BCUT2D eigenvalue weighted by molar-refractivity contribution is 0.408. The zero-order valence-electron chi connectivity index (χ0n) is 11.2. The van der Waals surface area contributed by atoms with Crippen LogP contribution >= 0.6 is 11.6 Å². The average Bonchev–Trinajstić information content (AvgIpc) is 2.38. The molecule has 0 saturated carbocycles. The summed E-state index contributed by atoms with van der Waals surface area (Å²) in [5.41, 5.74) is 3.84. The number of hydrogen-bond donors (Lipinski definition) is 0. The monoisotopic (exact) mass is 278 g/mol. The van der Waals surface area contributed by atoms with Gasteiger partial charge in [0.05, 0.1) is 12.5 Å². The van der Waals surface area contributed by atoms with Crippen LogP contribution in [-0.4, -0.2) is 7.11 Å². The van der Waals surface area contributed by atoms with Crippen molar-refractivity contribution in [3.05, 3.63) is 64.5 Å². The SMILES string of the molecule is COc1ccc(F)cc1C(Cl)c1c(C)cccc1C. The van der Waals surface area contributed by atoms with Crippen LogP contribution in [0.5, 0.6) is 5.75 Å². The van der Waals surface area contributed by atoms with Crippen LogP contribution in [0.1, 0.15) is 27.6 Å². The second kappa shape index (κ2) is 5.62. The van der Waals surface area contributed by atoms with Crippen molar-refractivity contribution in [2.75, 3.05) is 7.11 Å². The first kappa shape index (κ1) is 13.9. The van der Waals surface area contributed by atoms with Gasteiger partial charge in [-0.25, -0.2) is 4.39 Å². The Hall–Kier alpha value is -1.54. The number of alkyl halides is 1. The molecule has 0 aromatic heterocycles. The fraction of sp³-hybridized carbons (Fsp3) is 0.250. The Labute approximate surface area is 118 Å². The van der Waals surface area contributed by atoms with E-state index in [2.05, 4.69) is 0 Å². The molecule has 0 aliphatic carbocycles. The van der Waals surface area contributed by atoms with Gasteiger partial charge in [0, 0.05) is 5.56 Å². The summed E-state index contributed by atoms with van der Waals surface area (Å²) in [7, 11) is 1.56. The zero-order valence-corrected chi connectivity index (χ0v) is 12.0. The maximum atomic E-state index is 13.4. The molecule has 0 heterocycles. The fourth-order valence-corrected chi connectivity index (χ4v) is 2.80. The van der Waals surface area contributed by atoms with E-state index >= 15 is 0 Å². The van der Waals surface area contributed by atoms with E-state index in [1.165, 1.54) is 12.1 Å². The van der Waals surface area contributed by atoms with Crippen LogP contribution in [-0.2, 0) is 0 Å². The number of halogens is 2. The van der Waals surface area contributed by atoms with Crippen molar-refractivity contribution in [1.82, 2.24) is 0 Å². The van der Waals surface area contributed by atoms with E-state index in [0.29, 0.717) is 11.3 Å². The summed E-state index contributed by atoms with van der Waals surface area (Å²) in [5, 5.41) is -0.424. The van der Waals surface area contributed by atoms with Crippen LogP contribution in [0, 0.1) is 19.7 Å². The second-order valence-electron chi connectivity index (χ2n) is 4.55. The summed E-state index contributed by atoms with van der Waals surface area (Å²) >= 11 is 6.55. The number of ether oxygens (including phenoxy) is 1. The minimum atomic E-state index is -0.424. The summed E-state index contributed by atoms with van der Waals surface area (Å²) in [4.78, 5) is 0. The number of methoxy groups -OCH3 is 1. The summed E-state index contributed by atoms with van der Waals surface area (Å²) in [6, 6.07) is 10.4. The van der Waals surface area contributed by atoms with Crippen LogP contribution in [0.15, 0.2) is 36.4 Å². The summed E-state index contributed by atoms with van der Waals surface area (Å²) < 4.78 is 18.7. The average molecular weight is 279 g/mol.